The Morgan fingerprint density at radius 2 is 1.64 bits per heavy atom. The first-order valence-corrected chi connectivity index (χ1v) is 8.75. The van der Waals surface area contributed by atoms with Gasteiger partial charge in [-0.2, -0.15) is 0 Å². The van der Waals surface area contributed by atoms with Gasteiger partial charge in [-0.05, 0) is 37.8 Å². The maximum Gasteiger partial charge on any atom is 0.190 e. The highest BCUT2D eigenvalue weighted by Gasteiger charge is 2.48. The van der Waals surface area contributed by atoms with Crippen LogP contribution >= 0.6 is 0 Å². The van der Waals surface area contributed by atoms with Crippen molar-refractivity contribution in [1.82, 2.24) is 0 Å². The summed E-state index contributed by atoms with van der Waals surface area (Å²) in [6.45, 7) is 0. The molecule has 0 aromatic heterocycles. The van der Waals surface area contributed by atoms with Crippen LogP contribution < -0.4 is 4.74 Å². The number of carbonyl (C=O) groups is 1. The Labute approximate surface area is 127 Å². The fourth-order valence-electron chi connectivity index (χ4n) is 3.55. The van der Waals surface area contributed by atoms with Gasteiger partial charge in [0, 0.05) is 11.5 Å². The number of sulfone groups is 1. The van der Waals surface area contributed by atoms with Crippen LogP contribution in [0.2, 0.25) is 0 Å². The second-order valence-electron chi connectivity index (χ2n) is 5.92. The highest BCUT2D eigenvalue weighted by molar-refractivity contribution is 7.93. The quantitative estimate of drug-likeness (QED) is 0.799. The average Bonchev–Trinajstić information content (AvgIpc) is 2.66. The summed E-state index contributed by atoms with van der Waals surface area (Å²) in [6, 6.07) is 1.91. The fourth-order valence-corrected chi connectivity index (χ4v) is 6.03. The molecule has 1 aromatic rings. The summed E-state index contributed by atoms with van der Waals surface area (Å²) in [4.78, 5) is 12.5. The summed E-state index contributed by atoms with van der Waals surface area (Å²) >= 11 is 0. The molecule has 0 N–H and O–H groups in total. The van der Waals surface area contributed by atoms with Crippen LogP contribution in [-0.4, -0.2) is 31.8 Å². The van der Waals surface area contributed by atoms with Gasteiger partial charge in [-0.1, -0.05) is 0 Å². The van der Waals surface area contributed by atoms with Crippen molar-refractivity contribution in [2.75, 3.05) is 7.11 Å². The van der Waals surface area contributed by atoms with Gasteiger partial charge in [0.05, 0.1) is 17.6 Å². The van der Waals surface area contributed by atoms with E-state index < -0.39 is 49.4 Å². The first-order valence-electron chi connectivity index (χ1n) is 7.14. The van der Waals surface area contributed by atoms with Gasteiger partial charge in [0.2, 0.25) is 0 Å². The Morgan fingerprint density at radius 1 is 1.14 bits per heavy atom. The molecule has 1 aromatic carbocycles. The van der Waals surface area contributed by atoms with Crippen LogP contribution in [0.1, 0.15) is 36.0 Å². The maximum atomic E-state index is 13.7. The molecule has 7 heteroatoms. The molecule has 2 bridgehead atoms. The molecule has 2 fully saturated rings. The second kappa shape index (κ2) is 5.30. The van der Waals surface area contributed by atoms with Crippen LogP contribution in [0.5, 0.6) is 5.75 Å². The third kappa shape index (κ3) is 2.31. The van der Waals surface area contributed by atoms with Crippen molar-refractivity contribution in [2.45, 2.75) is 36.2 Å². The summed E-state index contributed by atoms with van der Waals surface area (Å²) in [7, 11) is -1.98. The molecule has 2 aliphatic heterocycles. The molecule has 3 rings (SSSR count). The summed E-state index contributed by atoms with van der Waals surface area (Å²) in [5.74, 6) is -3.28. The van der Waals surface area contributed by atoms with E-state index in [0.717, 1.165) is 19.2 Å². The molecule has 2 unspecified atom stereocenters. The minimum atomic E-state index is -3.13. The van der Waals surface area contributed by atoms with E-state index in [1.165, 1.54) is 0 Å². The molecule has 120 valence electrons. The number of carbonyl (C=O) groups excluding carboxylic acids is 1. The largest absolute Gasteiger partial charge is 0.491 e. The molecule has 0 spiro atoms. The summed E-state index contributed by atoms with van der Waals surface area (Å²) < 4.78 is 56.1. The number of rotatable bonds is 3. The first-order chi connectivity index (χ1) is 10.3. The Balaban J connectivity index is 1.87. The predicted molar refractivity (Wildman–Crippen MR) is 75.7 cm³/mol. The molecular formula is C15H16F2O4S. The minimum absolute atomic E-state index is 0.0699. The number of benzene rings is 1. The van der Waals surface area contributed by atoms with Crippen molar-refractivity contribution in [3.63, 3.8) is 0 Å². The smallest absolute Gasteiger partial charge is 0.190 e. The molecule has 2 aliphatic rings. The van der Waals surface area contributed by atoms with Gasteiger partial charge in [0.1, 0.15) is 0 Å². The lowest BCUT2D eigenvalue weighted by Gasteiger charge is -2.27. The lowest BCUT2D eigenvalue weighted by atomic mass is 9.90. The number of ketones is 1. The molecule has 0 amide bonds. The molecule has 0 radical (unpaired) electrons. The number of ether oxygens (including phenoxy) is 1. The fraction of sp³-hybridized carbons (Fsp3) is 0.533. The van der Waals surface area contributed by atoms with Gasteiger partial charge >= 0.3 is 0 Å². The normalized spacial score (nSPS) is 29.3. The Bertz CT molecular complexity index is 686. The van der Waals surface area contributed by atoms with Crippen molar-refractivity contribution in [3.05, 3.63) is 29.3 Å². The van der Waals surface area contributed by atoms with Gasteiger partial charge in [-0.25, -0.2) is 17.2 Å². The zero-order valence-electron chi connectivity index (χ0n) is 12.0. The highest BCUT2D eigenvalue weighted by atomic mass is 32.2. The highest BCUT2D eigenvalue weighted by Crippen LogP contribution is 2.42. The van der Waals surface area contributed by atoms with Crippen molar-refractivity contribution in [1.29, 1.82) is 0 Å². The monoisotopic (exact) mass is 330 g/mol. The van der Waals surface area contributed by atoms with Crippen molar-refractivity contribution >= 4 is 15.6 Å². The number of halogens is 2. The zero-order chi connectivity index (χ0) is 16.1. The number of methoxy groups -OCH3 is 1. The van der Waals surface area contributed by atoms with E-state index in [2.05, 4.69) is 4.74 Å². The molecule has 2 atom stereocenters. The zero-order valence-corrected chi connectivity index (χ0v) is 12.8. The second-order valence-corrected chi connectivity index (χ2v) is 8.43. The van der Waals surface area contributed by atoms with E-state index in [1.54, 1.807) is 0 Å². The lowest BCUT2D eigenvalue weighted by Crippen LogP contribution is -2.36. The molecule has 2 saturated heterocycles. The van der Waals surface area contributed by atoms with Gasteiger partial charge in [0.15, 0.2) is 33.0 Å². The minimum Gasteiger partial charge on any atom is -0.491 e. The van der Waals surface area contributed by atoms with Crippen molar-refractivity contribution in [2.24, 2.45) is 5.92 Å². The Hall–Kier alpha value is -1.50. The molecule has 22 heavy (non-hydrogen) atoms. The molecule has 0 aliphatic carbocycles. The van der Waals surface area contributed by atoms with E-state index in [1.807, 2.05) is 0 Å². The van der Waals surface area contributed by atoms with Crippen LogP contribution in [0.3, 0.4) is 0 Å². The van der Waals surface area contributed by atoms with Gasteiger partial charge in [0.25, 0.3) is 0 Å². The van der Waals surface area contributed by atoms with Gasteiger partial charge in [-0.15, -0.1) is 0 Å². The number of fused-ring (bicyclic) bond motifs is 2. The number of hydrogen-bond acceptors (Lipinski definition) is 4. The van der Waals surface area contributed by atoms with Crippen LogP contribution in [0.15, 0.2) is 12.1 Å². The summed E-state index contributed by atoms with van der Waals surface area (Å²) in [5.41, 5.74) is -0.0699. The van der Waals surface area contributed by atoms with Crippen LogP contribution in [0.4, 0.5) is 8.78 Å². The third-order valence-electron chi connectivity index (χ3n) is 4.69. The third-order valence-corrected chi connectivity index (χ3v) is 7.41. The standard InChI is InChI=1S/C15H16F2O4S/c1-21-15-12(16)6-9(7-13(15)17)14(18)8-4-10-2-3-11(5-8)22(10,19)20/h6-8,10-11H,2-5H2,1H3. The van der Waals surface area contributed by atoms with E-state index in [-0.39, 0.29) is 18.4 Å². The van der Waals surface area contributed by atoms with Gasteiger partial charge in [-0.3, -0.25) is 4.79 Å². The predicted octanol–water partition coefficient (Wildman–Crippen LogP) is 2.51. The lowest BCUT2D eigenvalue weighted by molar-refractivity contribution is 0.0904. The van der Waals surface area contributed by atoms with E-state index >= 15 is 0 Å². The number of hydrogen-bond donors (Lipinski definition) is 0. The van der Waals surface area contributed by atoms with Crippen molar-refractivity contribution < 1.29 is 26.7 Å². The molecule has 4 nitrogen and oxygen atoms in total. The SMILES string of the molecule is COc1c(F)cc(C(=O)C2CC3CCC(C2)S3(=O)=O)cc1F. The van der Waals surface area contributed by atoms with Crippen LogP contribution in [0, 0.1) is 17.6 Å². The van der Waals surface area contributed by atoms with E-state index in [9.17, 15) is 22.0 Å². The molecule has 2 heterocycles. The average molecular weight is 330 g/mol. The van der Waals surface area contributed by atoms with Crippen molar-refractivity contribution in [3.8, 4) is 5.75 Å². The number of Topliss-reactive ketones (excluding diaryl/α,β-unsaturated/α-hetero) is 1. The summed E-state index contributed by atoms with van der Waals surface area (Å²) in [5, 5.41) is -0.985. The Morgan fingerprint density at radius 3 is 2.09 bits per heavy atom. The maximum absolute atomic E-state index is 13.7. The van der Waals surface area contributed by atoms with E-state index in [4.69, 9.17) is 0 Å². The van der Waals surface area contributed by atoms with Crippen LogP contribution in [-0.2, 0) is 9.84 Å². The summed E-state index contributed by atoms with van der Waals surface area (Å²) in [6.07, 6.45) is 1.63. The first kappa shape index (κ1) is 15.4. The van der Waals surface area contributed by atoms with Gasteiger partial charge < -0.3 is 4.74 Å². The topological polar surface area (TPSA) is 60.4 Å². The molecular weight excluding hydrogens is 314 g/mol. The van der Waals surface area contributed by atoms with E-state index in [0.29, 0.717) is 12.8 Å². The van der Waals surface area contributed by atoms with Crippen LogP contribution in [0.25, 0.3) is 0 Å². The Kier molecular flexibility index (Phi) is 3.71. The molecule has 0 saturated carbocycles.